The molecular formula is C16H23N5O. The highest BCUT2D eigenvalue weighted by molar-refractivity contribution is 5.31. The number of rotatable bonds is 4. The zero-order valence-electron chi connectivity index (χ0n) is 13.2. The molecule has 1 fully saturated rings. The molecule has 0 amide bonds. The van der Waals surface area contributed by atoms with Crippen molar-refractivity contribution in [3.05, 3.63) is 35.7 Å². The lowest BCUT2D eigenvalue weighted by molar-refractivity contribution is 0.118. The van der Waals surface area contributed by atoms with Gasteiger partial charge in [0.25, 0.3) is 0 Å². The van der Waals surface area contributed by atoms with Crippen LogP contribution in [0, 0.1) is 0 Å². The van der Waals surface area contributed by atoms with Crippen molar-refractivity contribution in [2.75, 3.05) is 12.3 Å². The fraction of sp³-hybridized carbons (Fsp3) is 0.562. The minimum atomic E-state index is 0.306. The lowest BCUT2D eigenvalue weighted by Gasteiger charge is -2.37. The van der Waals surface area contributed by atoms with Gasteiger partial charge in [0.15, 0.2) is 0 Å². The number of hydrogen-bond donors (Lipinski definition) is 1. The molecule has 0 saturated carbocycles. The molecule has 2 N–H and O–H groups in total. The SMILES string of the molecule is CCc1nnc([C@H]2CCCN(Cc3ccnc(N)c3)[C@H]2C)o1. The number of aromatic nitrogens is 3. The average Bonchev–Trinajstić information content (AvgIpc) is 2.98. The van der Waals surface area contributed by atoms with Crippen molar-refractivity contribution in [3.63, 3.8) is 0 Å². The molecule has 0 aromatic carbocycles. The van der Waals surface area contributed by atoms with Crippen molar-refractivity contribution < 1.29 is 4.42 Å². The predicted octanol–water partition coefficient (Wildman–Crippen LogP) is 2.38. The van der Waals surface area contributed by atoms with Crippen molar-refractivity contribution in [2.24, 2.45) is 0 Å². The van der Waals surface area contributed by atoms with Gasteiger partial charge < -0.3 is 10.2 Å². The van der Waals surface area contributed by atoms with Crippen LogP contribution in [0.5, 0.6) is 0 Å². The van der Waals surface area contributed by atoms with Crippen molar-refractivity contribution >= 4 is 5.82 Å². The molecule has 3 rings (SSSR count). The second kappa shape index (κ2) is 6.44. The van der Waals surface area contributed by atoms with Crippen molar-refractivity contribution in [3.8, 4) is 0 Å². The molecule has 0 spiro atoms. The molecule has 0 aliphatic carbocycles. The first kappa shape index (κ1) is 15.0. The monoisotopic (exact) mass is 301 g/mol. The molecule has 2 aromatic heterocycles. The molecule has 6 nitrogen and oxygen atoms in total. The molecule has 22 heavy (non-hydrogen) atoms. The van der Waals surface area contributed by atoms with Gasteiger partial charge in [-0.2, -0.15) is 0 Å². The highest BCUT2D eigenvalue weighted by Crippen LogP contribution is 2.32. The number of nitrogens with zero attached hydrogens (tertiary/aromatic N) is 4. The summed E-state index contributed by atoms with van der Waals surface area (Å²) in [5.41, 5.74) is 6.97. The second-order valence-electron chi connectivity index (χ2n) is 5.94. The van der Waals surface area contributed by atoms with Crippen LogP contribution < -0.4 is 5.73 Å². The molecule has 118 valence electrons. The largest absolute Gasteiger partial charge is 0.425 e. The molecule has 0 unspecified atom stereocenters. The summed E-state index contributed by atoms with van der Waals surface area (Å²) < 4.78 is 5.78. The number of nitrogen functional groups attached to an aromatic ring is 1. The third kappa shape index (κ3) is 3.11. The molecule has 1 aliphatic heterocycles. The zero-order chi connectivity index (χ0) is 15.5. The number of piperidine rings is 1. The maximum atomic E-state index is 5.78. The molecule has 1 saturated heterocycles. The highest BCUT2D eigenvalue weighted by atomic mass is 16.4. The lowest BCUT2D eigenvalue weighted by atomic mass is 9.90. The van der Waals surface area contributed by atoms with Gasteiger partial charge in [-0.3, -0.25) is 4.90 Å². The number of nitrogens with two attached hydrogens (primary N) is 1. The van der Waals surface area contributed by atoms with Gasteiger partial charge in [-0.15, -0.1) is 10.2 Å². The van der Waals surface area contributed by atoms with E-state index in [1.807, 2.05) is 19.1 Å². The van der Waals surface area contributed by atoms with E-state index in [0.717, 1.165) is 44.1 Å². The zero-order valence-corrected chi connectivity index (χ0v) is 13.2. The maximum Gasteiger partial charge on any atom is 0.221 e. The topological polar surface area (TPSA) is 81.1 Å². The molecule has 0 radical (unpaired) electrons. The smallest absolute Gasteiger partial charge is 0.221 e. The average molecular weight is 301 g/mol. The van der Waals surface area contributed by atoms with E-state index in [1.165, 1.54) is 5.56 Å². The van der Waals surface area contributed by atoms with E-state index in [0.29, 0.717) is 17.8 Å². The highest BCUT2D eigenvalue weighted by Gasteiger charge is 2.32. The number of hydrogen-bond acceptors (Lipinski definition) is 6. The Labute approximate surface area is 130 Å². The van der Waals surface area contributed by atoms with Gasteiger partial charge in [-0.05, 0) is 44.0 Å². The van der Waals surface area contributed by atoms with Gasteiger partial charge in [-0.1, -0.05) is 6.92 Å². The molecular weight excluding hydrogens is 278 g/mol. The number of pyridine rings is 1. The molecule has 2 atom stereocenters. The van der Waals surface area contributed by atoms with E-state index in [-0.39, 0.29) is 0 Å². The third-order valence-electron chi connectivity index (χ3n) is 4.45. The normalized spacial score (nSPS) is 22.8. The quantitative estimate of drug-likeness (QED) is 0.933. The fourth-order valence-electron chi connectivity index (χ4n) is 3.15. The molecule has 2 aromatic rings. The van der Waals surface area contributed by atoms with Crippen molar-refractivity contribution in [1.29, 1.82) is 0 Å². The Morgan fingerprint density at radius 1 is 1.41 bits per heavy atom. The first-order valence-electron chi connectivity index (χ1n) is 7.94. The fourth-order valence-corrected chi connectivity index (χ4v) is 3.15. The van der Waals surface area contributed by atoms with E-state index in [9.17, 15) is 0 Å². The Hall–Kier alpha value is -1.95. The lowest BCUT2D eigenvalue weighted by Crippen LogP contribution is -2.41. The summed E-state index contributed by atoms with van der Waals surface area (Å²) in [4.78, 5) is 6.51. The van der Waals surface area contributed by atoms with Gasteiger partial charge in [0.2, 0.25) is 11.8 Å². The number of aryl methyl sites for hydroxylation is 1. The van der Waals surface area contributed by atoms with Crippen LogP contribution >= 0.6 is 0 Å². The van der Waals surface area contributed by atoms with Crippen LogP contribution in [0.25, 0.3) is 0 Å². The summed E-state index contributed by atoms with van der Waals surface area (Å²) in [6.45, 7) is 6.22. The number of anilines is 1. The van der Waals surface area contributed by atoms with Crippen molar-refractivity contribution in [1.82, 2.24) is 20.1 Å². The van der Waals surface area contributed by atoms with Crippen LogP contribution in [0.3, 0.4) is 0 Å². The summed E-state index contributed by atoms with van der Waals surface area (Å²) in [6.07, 6.45) is 4.79. The standard InChI is InChI=1S/C16H23N5O/c1-3-15-19-20-16(22-15)13-5-4-8-21(11(13)2)10-12-6-7-18-14(17)9-12/h6-7,9,11,13H,3-5,8,10H2,1-2H3,(H2,17,18)/t11-,13-/m0/s1. The Morgan fingerprint density at radius 2 is 2.27 bits per heavy atom. The summed E-state index contributed by atoms with van der Waals surface area (Å²) in [5, 5.41) is 8.35. The third-order valence-corrected chi connectivity index (χ3v) is 4.45. The van der Waals surface area contributed by atoms with Crippen LogP contribution in [0.2, 0.25) is 0 Å². The number of likely N-dealkylation sites (tertiary alicyclic amines) is 1. The van der Waals surface area contributed by atoms with E-state index in [2.05, 4.69) is 27.0 Å². The van der Waals surface area contributed by atoms with E-state index in [1.54, 1.807) is 6.20 Å². The van der Waals surface area contributed by atoms with Gasteiger partial charge in [0, 0.05) is 25.2 Å². The van der Waals surface area contributed by atoms with E-state index in [4.69, 9.17) is 10.2 Å². The van der Waals surface area contributed by atoms with Crippen LogP contribution in [-0.2, 0) is 13.0 Å². The van der Waals surface area contributed by atoms with Crippen LogP contribution in [0.15, 0.2) is 22.7 Å². The molecule has 3 heterocycles. The predicted molar refractivity (Wildman–Crippen MR) is 84.2 cm³/mol. The first-order valence-corrected chi connectivity index (χ1v) is 7.94. The van der Waals surface area contributed by atoms with Crippen LogP contribution in [-0.4, -0.2) is 32.7 Å². The van der Waals surface area contributed by atoms with Gasteiger partial charge in [0.1, 0.15) is 5.82 Å². The molecule has 0 bridgehead atoms. The first-order chi connectivity index (χ1) is 10.7. The molecule has 6 heteroatoms. The van der Waals surface area contributed by atoms with Crippen LogP contribution in [0.4, 0.5) is 5.82 Å². The summed E-state index contributed by atoms with van der Waals surface area (Å²) in [7, 11) is 0. The maximum absolute atomic E-state index is 5.78. The summed E-state index contributed by atoms with van der Waals surface area (Å²) in [6, 6.07) is 4.33. The molecule has 1 aliphatic rings. The van der Waals surface area contributed by atoms with Gasteiger partial charge >= 0.3 is 0 Å². The van der Waals surface area contributed by atoms with Gasteiger partial charge in [0.05, 0.1) is 5.92 Å². The Morgan fingerprint density at radius 3 is 3.00 bits per heavy atom. The van der Waals surface area contributed by atoms with Gasteiger partial charge in [-0.25, -0.2) is 4.98 Å². The van der Waals surface area contributed by atoms with E-state index >= 15 is 0 Å². The van der Waals surface area contributed by atoms with Crippen LogP contribution in [0.1, 0.15) is 50.0 Å². The minimum absolute atomic E-state index is 0.306. The Bertz CT molecular complexity index is 627. The summed E-state index contributed by atoms with van der Waals surface area (Å²) in [5.74, 6) is 2.38. The summed E-state index contributed by atoms with van der Waals surface area (Å²) >= 11 is 0. The minimum Gasteiger partial charge on any atom is -0.425 e. The van der Waals surface area contributed by atoms with Crippen molar-refractivity contribution in [2.45, 2.75) is 51.6 Å². The second-order valence-corrected chi connectivity index (χ2v) is 5.94. The Kier molecular flexibility index (Phi) is 4.38. The van der Waals surface area contributed by atoms with E-state index < -0.39 is 0 Å². The Balaban J connectivity index is 1.73.